The van der Waals surface area contributed by atoms with E-state index in [0.29, 0.717) is 17.5 Å². The lowest BCUT2D eigenvalue weighted by Crippen LogP contribution is -2.06. The molecule has 4 heteroatoms. The van der Waals surface area contributed by atoms with Crippen molar-refractivity contribution in [2.75, 3.05) is 0 Å². The lowest BCUT2D eigenvalue weighted by atomic mass is 10.1. The van der Waals surface area contributed by atoms with Gasteiger partial charge in [0, 0.05) is 0 Å². The van der Waals surface area contributed by atoms with Crippen molar-refractivity contribution in [2.45, 2.75) is 25.4 Å². The van der Waals surface area contributed by atoms with Crippen LogP contribution in [0.1, 0.15) is 30.4 Å². The van der Waals surface area contributed by atoms with Gasteiger partial charge in [0.1, 0.15) is 5.82 Å². The van der Waals surface area contributed by atoms with Crippen LogP contribution in [-0.4, -0.2) is 0 Å². The minimum Gasteiger partial charge on any atom is -0.207 e. The van der Waals surface area contributed by atoms with Crippen LogP contribution in [-0.2, 0) is 6.18 Å². The Morgan fingerprint density at radius 2 is 1.87 bits per heavy atom. The summed E-state index contributed by atoms with van der Waals surface area (Å²) in [5, 5.41) is 0. The van der Waals surface area contributed by atoms with Gasteiger partial charge >= 0.3 is 6.18 Å². The van der Waals surface area contributed by atoms with Gasteiger partial charge in [-0.25, -0.2) is 4.39 Å². The van der Waals surface area contributed by atoms with Gasteiger partial charge in [-0.3, -0.25) is 0 Å². The third-order valence-corrected chi connectivity index (χ3v) is 2.84. The zero-order valence-electron chi connectivity index (χ0n) is 8.11. The van der Waals surface area contributed by atoms with Crippen LogP contribution in [0.25, 0.3) is 0 Å². The molecular formula is C11H10F4. The maximum Gasteiger partial charge on any atom is 0.416 e. The Labute approximate surface area is 84.9 Å². The van der Waals surface area contributed by atoms with Crippen LogP contribution in [0.2, 0.25) is 0 Å². The van der Waals surface area contributed by atoms with E-state index in [4.69, 9.17) is 0 Å². The van der Waals surface area contributed by atoms with Crippen LogP contribution >= 0.6 is 0 Å². The van der Waals surface area contributed by atoms with Gasteiger partial charge in [-0.1, -0.05) is 13.0 Å². The molecule has 82 valence electrons. The summed E-state index contributed by atoms with van der Waals surface area (Å²) >= 11 is 0. The highest BCUT2D eigenvalue weighted by Gasteiger charge is 2.37. The van der Waals surface area contributed by atoms with E-state index in [2.05, 4.69) is 0 Å². The summed E-state index contributed by atoms with van der Waals surface area (Å²) < 4.78 is 50.0. The Morgan fingerprint density at radius 3 is 2.27 bits per heavy atom. The number of hydrogen-bond acceptors (Lipinski definition) is 0. The van der Waals surface area contributed by atoms with E-state index in [1.807, 2.05) is 6.92 Å². The molecule has 0 heterocycles. The second-order valence-electron chi connectivity index (χ2n) is 4.05. The standard InChI is InChI=1S/C11H10F4/c1-6-4-9(6)8-3-2-7(5-10(8)12)11(13,14)15/h2-3,5-6,9H,4H2,1H3. The number of hydrogen-bond donors (Lipinski definition) is 0. The van der Waals surface area contributed by atoms with Crippen molar-refractivity contribution in [3.63, 3.8) is 0 Å². The van der Waals surface area contributed by atoms with Crippen molar-refractivity contribution >= 4 is 0 Å². The van der Waals surface area contributed by atoms with E-state index in [1.165, 1.54) is 6.07 Å². The fourth-order valence-electron chi connectivity index (χ4n) is 1.76. The molecule has 1 aromatic rings. The van der Waals surface area contributed by atoms with Crippen molar-refractivity contribution in [1.82, 2.24) is 0 Å². The highest BCUT2D eigenvalue weighted by atomic mass is 19.4. The molecular weight excluding hydrogens is 208 g/mol. The molecule has 0 aromatic heterocycles. The Kier molecular flexibility index (Phi) is 2.24. The smallest absolute Gasteiger partial charge is 0.207 e. The van der Waals surface area contributed by atoms with Gasteiger partial charge in [0.15, 0.2) is 0 Å². The quantitative estimate of drug-likeness (QED) is 0.625. The van der Waals surface area contributed by atoms with Gasteiger partial charge in [-0.2, -0.15) is 13.2 Å². The molecule has 15 heavy (non-hydrogen) atoms. The van der Waals surface area contributed by atoms with Crippen molar-refractivity contribution in [3.05, 3.63) is 35.1 Å². The molecule has 0 bridgehead atoms. The van der Waals surface area contributed by atoms with Crippen LogP contribution in [0.15, 0.2) is 18.2 Å². The summed E-state index contributed by atoms with van der Waals surface area (Å²) in [4.78, 5) is 0. The average molecular weight is 218 g/mol. The molecule has 1 aliphatic rings. The molecule has 2 atom stereocenters. The van der Waals surface area contributed by atoms with Crippen molar-refractivity contribution in [3.8, 4) is 0 Å². The third-order valence-electron chi connectivity index (χ3n) is 2.84. The van der Waals surface area contributed by atoms with Crippen LogP contribution in [0, 0.1) is 11.7 Å². The van der Waals surface area contributed by atoms with E-state index < -0.39 is 17.6 Å². The first kappa shape index (κ1) is 10.5. The monoisotopic (exact) mass is 218 g/mol. The molecule has 1 aliphatic carbocycles. The van der Waals surface area contributed by atoms with E-state index in [9.17, 15) is 17.6 Å². The molecule has 1 fully saturated rings. The number of benzene rings is 1. The number of alkyl halides is 3. The van der Waals surface area contributed by atoms with Crippen molar-refractivity contribution < 1.29 is 17.6 Å². The molecule has 2 rings (SSSR count). The molecule has 0 aliphatic heterocycles. The van der Waals surface area contributed by atoms with Crippen LogP contribution in [0.4, 0.5) is 17.6 Å². The zero-order chi connectivity index (χ0) is 11.2. The maximum absolute atomic E-state index is 13.3. The Hall–Kier alpha value is -1.06. The predicted molar refractivity (Wildman–Crippen MR) is 47.9 cm³/mol. The molecule has 0 saturated heterocycles. The molecule has 0 radical (unpaired) electrons. The van der Waals surface area contributed by atoms with Crippen LogP contribution < -0.4 is 0 Å². The summed E-state index contributed by atoms with van der Waals surface area (Å²) in [7, 11) is 0. The first-order valence-corrected chi connectivity index (χ1v) is 4.76. The zero-order valence-corrected chi connectivity index (χ0v) is 8.11. The average Bonchev–Trinajstić information content (AvgIpc) is 2.80. The highest BCUT2D eigenvalue weighted by molar-refractivity contribution is 5.32. The highest BCUT2D eigenvalue weighted by Crippen LogP contribution is 2.48. The van der Waals surface area contributed by atoms with Crippen LogP contribution in [0.3, 0.4) is 0 Å². The normalized spacial score (nSPS) is 25.4. The number of rotatable bonds is 1. The first-order valence-electron chi connectivity index (χ1n) is 4.76. The fourth-order valence-corrected chi connectivity index (χ4v) is 1.76. The molecule has 2 unspecified atom stereocenters. The van der Waals surface area contributed by atoms with Gasteiger partial charge < -0.3 is 0 Å². The van der Waals surface area contributed by atoms with Gasteiger partial charge in [0.05, 0.1) is 5.56 Å². The second kappa shape index (κ2) is 3.22. The van der Waals surface area contributed by atoms with E-state index in [0.717, 1.165) is 12.5 Å². The lowest BCUT2D eigenvalue weighted by molar-refractivity contribution is -0.137. The summed E-state index contributed by atoms with van der Waals surface area (Å²) in [6, 6.07) is 2.79. The maximum atomic E-state index is 13.3. The van der Waals surface area contributed by atoms with E-state index in [1.54, 1.807) is 0 Å². The number of halogens is 4. The molecule has 0 amide bonds. The molecule has 0 N–H and O–H groups in total. The molecule has 0 nitrogen and oxygen atoms in total. The fraction of sp³-hybridized carbons (Fsp3) is 0.455. The Bertz CT molecular complexity index is 381. The molecule has 0 spiro atoms. The van der Waals surface area contributed by atoms with Gasteiger partial charge in [0.2, 0.25) is 0 Å². The minimum atomic E-state index is -4.46. The van der Waals surface area contributed by atoms with Gasteiger partial charge in [0.25, 0.3) is 0 Å². The summed E-state index contributed by atoms with van der Waals surface area (Å²) in [6.07, 6.45) is -3.60. The van der Waals surface area contributed by atoms with Gasteiger partial charge in [-0.05, 0) is 36.0 Å². The SMILES string of the molecule is CC1CC1c1ccc(C(F)(F)F)cc1F. The third kappa shape index (κ3) is 1.98. The Balaban J connectivity index is 2.31. The first-order chi connectivity index (χ1) is 6.89. The predicted octanol–water partition coefficient (Wildman–Crippen LogP) is 3.97. The van der Waals surface area contributed by atoms with E-state index in [-0.39, 0.29) is 5.92 Å². The summed E-state index contributed by atoms with van der Waals surface area (Å²) in [5.41, 5.74) is -0.507. The summed E-state index contributed by atoms with van der Waals surface area (Å²) in [5.74, 6) is -0.248. The summed E-state index contributed by atoms with van der Waals surface area (Å²) in [6.45, 7) is 1.96. The largest absolute Gasteiger partial charge is 0.416 e. The Morgan fingerprint density at radius 1 is 1.27 bits per heavy atom. The lowest BCUT2D eigenvalue weighted by Gasteiger charge is -2.08. The minimum absolute atomic E-state index is 0.104. The van der Waals surface area contributed by atoms with Crippen LogP contribution in [0.5, 0.6) is 0 Å². The second-order valence-corrected chi connectivity index (χ2v) is 4.05. The van der Waals surface area contributed by atoms with Gasteiger partial charge in [-0.15, -0.1) is 0 Å². The van der Waals surface area contributed by atoms with E-state index >= 15 is 0 Å². The molecule has 1 aromatic carbocycles. The topological polar surface area (TPSA) is 0 Å². The van der Waals surface area contributed by atoms with Crippen molar-refractivity contribution in [1.29, 1.82) is 0 Å². The van der Waals surface area contributed by atoms with Crippen molar-refractivity contribution in [2.24, 2.45) is 5.92 Å². The molecule has 1 saturated carbocycles.